The molecule has 0 aliphatic heterocycles. The van der Waals surface area contributed by atoms with Crippen LogP contribution in [-0.2, 0) is 29.0 Å². The zero-order chi connectivity index (χ0) is 25.2. The first-order valence-corrected chi connectivity index (χ1v) is 12.3. The molecule has 1 amide bonds. The van der Waals surface area contributed by atoms with Crippen molar-refractivity contribution >= 4 is 22.8 Å². The van der Waals surface area contributed by atoms with Gasteiger partial charge in [-0.3, -0.25) is 9.59 Å². The van der Waals surface area contributed by atoms with E-state index in [1.54, 1.807) is 10.6 Å². The normalized spacial score (nSPS) is 15.1. The number of carboxylic acid groups (broad SMARTS) is 1. The zero-order valence-corrected chi connectivity index (χ0v) is 20.2. The third-order valence-electron chi connectivity index (χ3n) is 7.42. The number of hydrogen-bond donors (Lipinski definition) is 1. The second-order valence-electron chi connectivity index (χ2n) is 9.55. The zero-order valence-electron chi connectivity index (χ0n) is 20.2. The third kappa shape index (κ3) is 4.63. The van der Waals surface area contributed by atoms with E-state index in [1.165, 1.54) is 12.1 Å². The maximum absolute atomic E-state index is 14.1. The molecule has 6 heteroatoms. The van der Waals surface area contributed by atoms with E-state index in [9.17, 15) is 19.1 Å². The fraction of sp³-hybridized carbons (Fsp3) is 0.267. The molecule has 1 aromatic heterocycles. The van der Waals surface area contributed by atoms with Crippen LogP contribution in [0.5, 0.6) is 0 Å². The first kappa shape index (κ1) is 23.8. The Kier molecular flexibility index (Phi) is 6.59. The van der Waals surface area contributed by atoms with Gasteiger partial charge in [0.2, 0.25) is 5.91 Å². The van der Waals surface area contributed by atoms with Crippen LogP contribution in [0.4, 0.5) is 4.39 Å². The van der Waals surface area contributed by atoms with Crippen molar-refractivity contribution in [3.63, 3.8) is 0 Å². The summed E-state index contributed by atoms with van der Waals surface area (Å²) in [7, 11) is 1.85. The highest BCUT2D eigenvalue weighted by Gasteiger charge is 2.31. The molecular weight excluding hydrogens is 455 g/mol. The number of carbonyl (C=O) groups is 2. The minimum absolute atomic E-state index is 0.0376. The predicted octanol–water partition coefficient (Wildman–Crippen LogP) is 5.40. The Balaban J connectivity index is 1.41. The number of aromatic nitrogens is 1. The molecule has 0 radical (unpaired) electrons. The quantitative estimate of drug-likeness (QED) is 0.382. The van der Waals surface area contributed by atoms with Gasteiger partial charge in [0.1, 0.15) is 12.4 Å². The lowest BCUT2D eigenvalue weighted by atomic mass is 9.87. The van der Waals surface area contributed by atoms with E-state index in [0.717, 1.165) is 39.7 Å². The molecule has 1 atom stereocenters. The van der Waals surface area contributed by atoms with Gasteiger partial charge in [-0.15, -0.1) is 0 Å². The number of hydrogen-bond acceptors (Lipinski definition) is 2. The lowest BCUT2D eigenvalue weighted by molar-refractivity contribution is -0.137. The lowest BCUT2D eigenvalue weighted by Gasteiger charge is -2.33. The van der Waals surface area contributed by atoms with Crippen molar-refractivity contribution in [2.45, 2.75) is 44.2 Å². The summed E-state index contributed by atoms with van der Waals surface area (Å²) < 4.78 is 15.9. The average Bonchev–Trinajstić information content (AvgIpc) is 3.19. The summed E-state index contributed by atoms with van der Waals surface area (Å²) in [6, 6.07) is 24.6. The topological polar surface area (TPSA) is 62.5 Å². The van der Waals surface area contributed by atoms with Crippen molar-refractivity contribution in [3.05, 3.63) is 107 Å². The number of aliphatic carboxylic acids is 1. The molecule has 0 fully saturated rings. The number of nitrogens with zero attached hydrogens (tertiary/aromatic N) is 2. The number of benzene rings is 3. The van der Waals surface area contributed by atoms with E-state index in [4.69, 9.17) is 0 Å². The van der Waals surface area contributed by atoms with Gasteiger partial charge < -0.3 is 14.6 Å². The molecule has 0 saturated carbocycles. The minimum Gasteiger partial charge on any atom is -0.480 e. The van der Waals surface area contributed by atoms with Crippen LogP contribution < -0.4 is 0 Å². The smallest absolute Gasteiger partial charge is 0.323 e. The number of likely N-dealkylation sites (N-methyl/N-ethyl adjacent to an activating group) is 1. The van der Waals surface area contributed by atoms with Crippen molar-refractivity contribution in [2.75, 3.05) is 7.05 Å². The van der Waals surface area contributed by atoms with Crippen LogP contribution in [0.25, 0.3) is 10.9 Å². The van der Waals surface area contributed by atoms with Crippen LogP contribution in [0.3, 0.4) is 0 Å². The lowest BCUT2D eigenvalue weighted by Crippen LogP contribution is -2.41. The number of amides is 1. The molecule has 0 saturated heterocycles. The highest BCUT2D eigenvalue weighted by Crippen LogP contribution is 2.35. The summed E-state index contributed by atoms with van der Waals surface area (Å²) in [6.45, 7) is -0.160. The summed E-state index contributed by atoms with van der Waals surface area (Å²) in [4.78, 5) is 26.9. The van der Waals surface area contributed by atoms with Crippen LogP contribution >= 0.6 is 0 Å². The van der Waals surface area contributed by atoms with Crippen LogP contribution in [-0.4, -0.2) is 39.5 Å². The summed E-state index contributed by atoms with van der Waals surface area (Å²) in [5.41, 5.74) is 4.81. The predicted molar refractivity (Wildman–Crippen MR) is 137 cm³/mol. The molecule has 3 aromatic carbocycles. The number of halogens is 1. The maximum Gasteiger partial charge on any atom is 0.323 e. The number of rotatable bonds is 7. The minimum atomic E-state index is -0.929. The molecule has 1 aliphatic carbocycles. The Hall–Kier alpha value is -3.93. The molecule has 1 unspecified atom stereocenters. The third-order valence-corrected chi connectivity index (χ3v) is 7.42. The number of carbonyl (C=O) groups excluding carboxylic acids is 1. The monoisotopic (exact) mass is 484 g/mol. The van der Waals surface area contributed by atoms with Crippen LogP contribution in [0.2, 0.25) is 0 Å². The van der Waals surface area contributed by atoms with Gasteiger partial charge >= 0.3 is 5.97 Å². The van der Waals surface area contributed by atoms with Crippen LogP contribution in [0.15, 0.2) is 78.9 Å². The Morgan fingerprint density at radius 1 is 1.03 bits per heavy atom. The first-order chi connectivity index (χ1) is 17.4. The molecule has 36 heavy (non-hydrogen) atoms. The van der Waals surface area contributed by atoms with Gasteiger partial charge in [0.15, 0.2) is 0 Å². The molecule has 1 aliphatic rings. The molecule has 1 N–H and O–H groups in total. The standard InChI is InChI=1S/C30H29FN2O3/c1-32(29(34)18-24(20-8-4-2-5-9-20)21-10-6-3-7-11-21)23-13-15-28-26(17-23)25-16-22(31)12-14-27(25)33(28)19-30(35)36/h2-12,14,16,23-24H,13,15,17-19H2,1H3,(H,35,36). The maximum atomic E-state index is 14.1. The summed E-state index contributed by atoms with van der Waals surface area (Å²) in [5, 5.41) is 10.2. The number of fused-ring (bicyclic) bond motifs is 3. The Bertz CT molecular complexity index is 1360. The molecule has 1 heterocycles. The summed E-state index contributed by atoms with van der Waals surface area (Å²) >= 11 is 0. The van der Waals surface area contributed by atoms with E-state index in [2.05, 4.69) is 24.3 Å². The first-order valence-electron chi connectivity index (χ1n) is 12.3. The van der Waals surface area contributed by atoms with E-state index < -0.39 is 5.97 Å². The Labute approximate surface area is 209 Å². The molecule has 4 aromatic rings. The average molecular weight is 485 g/mol. The van der Waals surface area contributed by atoms with E-state index in [1.807, 2.05) is 48.3 Å². The van der Waals surface area contributed by atoms with Gasteiger partial charge in [-0.05, 0) is 54.2 Å². The Morgan fingerprint density at radius 3 is 2.28 bits per heavy atom. The molecular formula is C30H29FN2O3. The van der Waals surface area contributed by atoms with Crippen molar-refractivity contribution in [1.82, 2.24) is 9.47 Å². The van der Waals surface area contributed by atoms with Crippen LogP contribution in [0.1, 0.15) is 41.1 Å². The molecule has 5 nitrogen and oxygen atoms in total. The second kappa shape index (κ2) is 9.97. The van der Waals surface area contributed by atoms with Gasteiger partial charge in [0.05, 0.1) is 0 Å². The van der Waals surface area contributed by atoms with Crippen molar-refractivity contribution in [1.29, 1.82) is 0 Å². The largest absolute Gasteiger partial charge is 0.480 e. The highest BCUT2D eigenvalue weighted by molar-refractivity contribution is 5.87. The van der Waals surface area contributed by atoms with Crippen molar-refractivity contribution in [2.24, 2.45) is 0 Å². The highest BCUT2D eigenvalue weighted by atomic mass is 19.1. The SMILES string of the molecule is CN(C(=O)CC(c1ccccc1)c1ccccc1)C1CCc2c(c3cc(F)ccc3n2CC(=O)O)C1. The molecule has 5 rings (SSSR count). The summed E-state index contributed by atoms with van der Waals surface area (Å²) in [5.74, 6) is -1.27. The van der Waals surface area contributed by atoms with Crippen LogP contribution in [0, 0.1) is 5.82 Å². The van der Waals surface area contributed by atoms with Gasteiger partial charge in [-0.2, -0.15) is 0 Å². The van der Waals surface area contributed by atoms with E-state index >= 15 is 0 Å². The van der Waals surface area contributed by atoms with Crippen molar-refractivity contribution in [3.8, 4) is 0 Å². The van der Waals surface area contributed by atoms with Gasteiger partial charge in [0, 0.05) is 42.0 Å². The summed E-state index contributed by atoms with van der Waals surface area (Å²) in [6.07, 6.45) is 2.30. The Morgan fingerprint density at radius 2 is 1.67 bits per heavy atom. The molecule has 0 bridgehead atoms. The number of carboxylic acids is 1. The van der Waals surface area contributed by atoms with Crippen molar-refractivity contribution < 1.29 is 19.1 Å². The van der Waals surface area contributed by atoms with Gasteiger partial charge in [-0.25, -0.2) is 4.39 Å². The van der Waals surface area contributed by atoms with E-state index in [-0.39, 0.29) is 30.2 Å². The van der Waals surface area contributed by atoms with E-state index in [0.29, 0.717) is 19.3 Å². The fourth-order valence-electron chi connectivity index (χ4n) is 5.57. The van der Waals surface area contributed by atoms with Gasteiger partial charge in [0.25, 0.3) is 0 Å². The molecule has 184 valence electrons. The van der Waals surface area contributed by atoms with Gasteiger partial charge in [-0.1, -0.05) is 60.7 Å². The molecule has 0 spiro atoms. The second-order valence-corrected chi connectivity index (χ2v) is 9.55. The fourth-order valence-corrected chi connectivity index (χ4v) is 5.57.